The maximum atomic E-state index is 10.1. The molecule has 78 valence electrons. The molecule has 13 heavy (non-hydrogen) atoms. The molecule has 2 unspecified atom stereocenters. The standard InChI is InChI=1S/C10H20O3/c1-4-10(13-8(2)3)9(12)6-5-7-11/h7-10,12H,4-6H2,1-3H3. The molecule has 0 saturated carbocycles. The summed E-state index contributed by atoms with van der Waals surface area (Å²) >= 11 is 0. The molecular formula is C10H20O3. The summed E-state index contributed by atoms with van der Waals surface area (Å²) in [6.07, 6.45) is 1.96. The topological polar surface area (TPSA) is 46.5 Å². The van der Waals surface area contributed by atoms with Gasteiger partial charge in [0.2, 0.25) is 0 Å². The van der Waals surface area contributed by atoms with Crippen LogP contribution in [0.2, 0.25) is 0 Å². The van der Waals surface area contributed by atoms with Crippen molar-refractivity contribution >= 4 is 6.29 Å². The van der Waals surface area contributed by atoms with Crippen LogP contribution < -0.4 is 0 Å². The number of aliphatic hydroxyl groups excluding tert-OH is 1. The minimum absolute atomic E-state index is 0.121. The van der Waals surface area contributed by atoms with E-state index >= 15 is 0 Å². The van der Waals surface area contributed by atoms with E-state index in [4.69, 9.17) is 4.74 Å². The van der Waals surface area contributed by atoms with Crippen molar-refractivity contribution in [2.45, 2.75) is 58.3 Å². The lowest BCUT2D eigenvalue weighted by Gasteiger charge is -2.23. The molecule has 0 saturated heterocycles. The smallest absolute Gasteiger partial charge is 0.120 e. The van der Waals surface area contributed by atoms with Crippen molar-refractivity contribution in [3.63, 3.8) is 0 Å². The molecule has 3 nitrogen and oxygen atoms in total. The highest BCUT2D eigenvalue weighted by molar-refractivity contribution is 5.49. The second-order valence-electron chi connectivity index (χ2n) is 3.44. The molecule has 0 heterocycles. The van der Waals surface area contributed by atoms with Gasteiger partial charge in [0.05, 0.1) is 18.3 Å². The number of carbonyl (C=O) groups is 1. The monoisotopic (exact) mass is 188 g/mol. The van der Waals surface area contributed by atoms with E-state index in [2.05, 4.69) is 0 Å². The molecule has 2 atom stereocenters. The zero-order valence-corrected chi connectivity index (χ0v) is 8.69. The molecule has 0 aromatic carbocycles. The quantitative estimate of drug-likeness (QED) is 0.616. The zero-order valence-electron chi connectivity index (χ0n) is 8.69. The van der Waals surface area contributed by atoms with E-state index in [0.29, 0.717) is 12.8 Å². The van der Waals surface area contributed by atoms with E-state index in [-0.39, 0.29) is 12.2 Å². The molecule has 0 aliphatic carbocycles. The van der Waals surface area contributed by atoms with Gasteiger partial charge in [0, 0.05) is 6.42 Å². The highest BCUT2D eigenvalue weighted by atomic mass is 16.5. The molecule has 1 N–H and O–H groups in total. The summed E-state index contributed by atoms with van der Waals surface area (Å²) in [6, 6.07) is 0. The lowest BCUT2D eigenvalue weighted by Crippen LogP contribution is -2.30. The lowest BCUT2D eigenvalue weighted by molar-refractivity contribution is -0.109. The fourth-order valence-corrected chi connectivity index (χ4v) is 1.23. The molecule has 0 rings (SSSR count). The summed E-state index contributed by atoms with van der Waals surface area (Å²) in [4.78, 5) is 10.1. The summed E-state index contributed by atoms with van der Waals surface area (Å²) in [7, 11) is 0. The number of ether oxygens (including phenoxy) is 1. The van der Waals surface area contributed by atoms with Crippen LogP contribution in [0.1, 0.15) is 40.0 Å². The van der Waals surface area contributed by atoms with Gasteiger partial charge in [0.15, 0.2) is 0 Å². The van der Waals surface area contributed by atoms with Crippen molar-refractivity contribution in [2.24, 2.45) is 0 Å². The van der Waals surface area contributed by atoms with Gasteiger partial charge >= 0.3 is 0 Å². The fourth-order valence-electron chi connectivity index (χ4n) is 1.23. The van der Waals surface area contributed by atoms with Crippen molar-refractivity contribution in [2.75, 3.05) is 0 Å². The summed E-state index contributed by atoms with van der Waals surface area (Å²) in [5, 5.41) is 9.61. The molecule has 0 aromatic heterocycles. The van der Waals surface area contributed by atoms with Gasteiger partial charge < -0.3 is 14.6 Å². The molecule has 0 bridgehead atoms. The minimum Gasteiger partial charge on any atom is -0.390 e. The van der Waals surface area contributed by atoms with Gasteiger partial charge in [-0.1, -0.05) is 6.92 Å². The Hall–Kier alpha value is -0.410. The number of carbonyl (C=O) groups excluding carboxylic acids is 1. The van der Waals surface area contributed by atoms with E-state index in [1.165, 1.54) is 0 Å². The molecular weight excluding hydrogens is 168 g/mol. The Labute approximate surface area is 80.1 Å². The normalized spacial score (nSPS) is 15.8. The van der Waals surface area contributed by atoms with Gasteiger partial charge in [0.1, 0.15) is 6.29 Å². The first-order valence-corrected chi connectivity index (χ1v) is 4.89. The minimum atomic E-state index is -0.516. The Kier molecular flexibility index (Phi) is 6.82. The number of rotatable bonds is 7. The first kappa shape index (κ1) is 12.6. The van der Waals surface area contributed by atoms with E-state index in [9.17, 15) is 9.90 Å². The first-order valence-electron chi connectivity index (χ1n) is 4.89. The van der Waals surface area contributed by atoms with Gasteiger partial charge in [-0.05, 0) is 26.7 Å². The molecule has 0 aliphatic heterocycles. The SMILES string of the molecule is CCC(OC(C)C)C(O)CCC=O. The van der Waals surface area contributed by atoms with Crippen LogP contribution in [0.5, 0.6) is 0 Å². The van der Waals surface area contributed by atoms with Gasteiger partial charge in [-0.15, -0.1) is 0 Å². The van der Waals surface area contributed by atoms with Crippen LogP contribution in [0.25, 0.3) is 0 Å². The Bertz CT molecular complexity index is 134. The number of aliphatic hydroxyl groups is 1. The number of hydrogen-bond acceptors (Lipinski definition) is 3. The molecule has 0 spiro atoms. The maximum Gasteiger partial charge on any atom is 0.120 e. The van der Waals surface area contributed by atoms with Crippen molar-refractivity contribution in [3.05, 3.63) is 0 Å². The van der Waals surface area contributed by atoms with E-state index < -0.39 is 6.10 Å². The third kappa shape index (κ3) is 5.77. The van der Waals surface area contributed by atoms with Crippen molar-refractivity contribution < 1.29 is 14.6 Å². The highest BCUT2D eigenvalue weighted by Crippen LogP contribution is 2.11. The van der Waals surface area contributed by atoms with Gasteiger partial charge in [0.25, 0.3) is 0 Å². The van der Waals surface area contributed by atoms with Crippen LogP contribution in [-0.2, 0) is 9.53 Å². The summed E-state index contributed by atoms with van der Waals surface area (Å²) in [6.45, 7) is 5.85. The first-order chi connectivity index (χ1) is 6.11. The largest absolute Gasteiger partial charge is 0.390 e. The van der Waals surface area contributed by atoms with Crippen molar-refractivity contribution in [3.8, 4) is 0 Å². The Morgan fingerprint density at radius 2 is 2.08 bits per heavy atom. The summed E-state index contributed by atoms with van der Waals surface area (Å²) in [5.41, 5.74) is 0. The molecule has 0 amide bonds. The third-order valence-corrected chi connectivity index (χ3v) is 1.86. The van der Waals surface area contributed by atoms with Crippen LogP contribution in [0.15, 0.2) is 0 Å². The van der Waals surface area contributed by atoms with Crippen LogP contribution >= 0.6 is 0 Å². The van der Waals surface area contributed by atoms with Crippen molar-refractivity contribution in [1.82, 2.24) is 0 Å². The van der Waals surface area contributed by atoms with Crippen LogP contribution in [0.3, 0.4) is 0 Å². The average molecular weight is 188 g/mol. The molecule has 0 radical (unpaired) electrons. The Balaban J connectivity index is 3.83. The maximum absolute atomic E-state index is 10.1. The number of aldehydes is 1. The second kappa shape index (κ2) is 7.04. The van der Waals surface area contributed by atoms with Crippen molar-refractivity contribution in [1.29, 1.82) is 0 Å². The zero-order chi connectivity index (χ0) is 10.3. The third-order valence-electron chi connectivity index (χ3n) is 1.86. The Morgan fingerprint density at radius 3 is 2.46 bits per heavy atom. The lowest BCUT2D eigenvalue weighted by atomic mass is 10.1. The highest BCUT2D eigenvalue weighted by Gasteiger charge is 2.18. The van der Waals surface area contributed by atoms with Crippen LogP contribution in [0, 0.1) is 0 Å². The number of hydrogen-bond donors (Lipinski definition) is 1. The van der Waals surface area contributed by atoms with E-state index in [1.807, 2.05) is 20.8 Å². The predicted molar refractivity (Wildman–Crippen MR) is 51.6 cm³/mol. The fraction of sp³-hybridized carbons (Fsp3) is 0.900. The molecule has 0 aliphatic rings. The second-order valence-corrected chi connectivity index (χ2v) is 3.44. The van der Waals surface area contributed by atoms with Crippen LogP contribution in [0.4, 0.5) is 0 Å². The van der Waals surface area contributed by atoms with Crippen LogP contribution in [-0.4, -0.2) is 29.7 Å². The van der Waals surface area contributed by atoms with Gasteiger partial charge in [-0.2, -0.15) is 0 Å². The molecule has 0 aromatic rings. The van der Waals surface area contributed by atoms with Gasteiger partial charge in [-0.25, -0.2) is 0 Å². The summed E-state index contributed by atoms with van der Waals surface area (Å²) < 4.78 is 5.49. The average Bonchev–Trinajstić information content (AvgIpc) is 2.09. The van der Waals surface area contributed by atoms with E-state index in [0.717, 1.165) is 12.7 Å². The Morgan fingerprint density at radius 1 is 1.46 bits per heavy atom. The molecule has 3 heteroatoms. The van der Waals surface area contributed by atoms with Gasteiger partial charge in [-0.3, -0.25) is 0 Å². The predicted octanol–water partition coefficient (Wildman–Crippen LogP) is 1.53. The summed E-state index contributed by atoms with van der Waals surface area (Å²) in [5.74, 6) is 0. The van der Waals surface area contributed by atoms with E-state index in [1.54, 1.807) is 0 Å². The molecule has 0 fully saturated rings.